The number of para-hydroxylation sites is 1. The predicted octanol–water partition coefficient (Wildman–Crippen LogP) is 3.63. The van der Waals surface area contributed by atoms with Crippen LogP contribution in [0, 0.1) is 13.8 Å². The molecule has 166 valence electrons. The molecule has 1 aliphatic rings. The van der Waals surface area contributed by atoms with Crippen molar-refractivity contribution < 1.29 is 28.3 Å². The van der Waals surface area contributed by atoms with E-state index in [0.29, 0.717) is 23.8 Å². The third kappa shape index (κ3) is 4.30. The zero-order valence-electron chi connectivity index (χ0n) is 18.2. The van der Waals surface area contributed by atoms with E-state index in [4.69, 9.17) is 18.7 Å². The van der Waals surface area contributed by atoms with E-state index in [-0.39, 0.29) is 24.7 Å². The van der Waals surface area contributed by atoms with Gasteiger partial charge in [0.1, 0.15) is 12.4 Å². The fourth-order valence-corrected chi connectivity index (χ4v) is 3.66. The number of ether oxygens (including phenoxy) is 3. The summed E-state index contributed by atoms with van der Waals surface area (Å²) in [6.45, 7) is 4.16. The van der Waals surface area contributed by atoms with Gasteiger partial charge >= 0.3 is 5.97 Å². The van der Waals surface area contributed by atoms with Crippen LogP contribution in [0.4, 0.5) is 5.69 Å². The molecule has 0 N–H and O–H groups in total. The fraction of sp³-hybridized carbons (Fsp3) is 0.292. The van der Waals surface area contributed by atoms with Gasteiger partial charge in [-0.2, -0.15) is 0 Å². The van der Waals surface area contributed by atoms with Crippen molar-refractivity contribution in [2.45, 2.75) is 26.9 Å². The first-order chi connectivity index (χ1) is 15.5. The van der Waals surface area contributed by atoms with Gasteiger partial charge in [-0.15, -0.1) is 0 Å². The number of carbonyl (C=O) groups is 2. The molecule has 1 amide bonds. The number of methoxy groups -OCH3 is 1. The smallest absolute Gasteiger partial charge is 0.338 e. The number of benzene rings is 2. The van der Waals surface area contributed by atoms with Crippen LogP contribution < -0.4 is 14.4 Å². The van der Waals surface area contributed by atoms with Crippen LogP contribution in [0.25, 0.3) is 0 Å². The zero-order valence-corrected chi connectivity index (χ0v) is 18.2. The summed E-state index contributed by atoms with van der Waals surface area (Å²) in [5.41, 5.74) is 3.87. The monoisotopic (exact) mass is 436 g/mol. The highest BCUT2D eigenvalue weighted by atomic mass is 16.5. The van der Waals surface area contributed by atoms with Crippen LogP contribution in [0.3, 0.4) is 0 Å². The van der Waals surface area contributed by atoms with E-state index in [9.17, 15) is 9.59 Å². The summed E-state index contributed by atoms with van der Waals surface area (Å²) in [6, 6.07) is 12.5. The summed E-state index contributed by atoms with van der Waals surface area (Å²) in [4.78, 5) is 26.7. The molecule has 1 aromatic heterocycles. The molecule has 8 heteroatoms. The highest BCUT2D eigenvalue weighted by molar-refractivity contribution is 5.98. The van der Waals surface area contributed by atoms with Gasteiger partial charge in [0.25, 0.3) is 5.91 Å². The van der Waals surface area contributed by atoms with Gasteiger partial charge in [-0.3, -0.25) is 4.79 Å². The molecule has 2 heterocycles. The molecule has 32 heavy (non-hydrogen) atoms. The maximum Gasteiger partial charge on any atom is 0.338 e. The van der Waals surface area contributed by atoms with Gasteiger partial charge in [-0.05, 0) is 50.1 Å². The minimum Gasteiger partial charge on any atom is -0.493 e. The summed E-state index contributed by atoms with van der Waals surface area (Å²) < 4.78 is 21.6. The minimum atomic E-state index is -0.610. The second-order valence-electron chi connectivity index (χ2n) is 7.46. The van der Waals surface area contributed by atoms with E-state index in [1.165, 1.54) is 13.2 Å². The predicted molar refractivity (Wildman–Crippen MR) is 116 cm³/mol. The third-order valence-electron chi connectivity index (χ3n) is 5.47. The molecule has 0 saturated heterocycles. The summed E-state index contributed by atoms with van der Waals surface area (Å²) in [5.74, 6) is 0.669. The topological polar surface area (TPSA) is 91.1 Å². The number of anilines is 1. The van der Waals surface area contributed by atoms with E-state index >= 15 is 0 Å². The van der Waals surface area contributed by atoms with E-state index in [2.05, 4.69) is 5.16 Å². The Bertz CT molecular complexity index is 1130. The summed E-state index contributed by atoms with van der Waals surface area (Å²) in [5, 5.41) is 3.91. The van der Waals surface area contributed by atoms with Gasteiger partial charge in [0.05, 0.1) is 23.9 Å². The van der Waals surface area contributed by atoms with Crippen molar-refractivity contribution in [1.29, 1.82) is 0 Å². The molecule has 8 nitrogen and oxygen atoms in total. The molecule has 0 spiro atoms. The first-order valence-corrected chi connectivity index (χ1v) is 10.3. The molecular weight excluding hydrogens is 412 g/mol. The Hall–Kier alpha value is -3.81. The number of hydrogen-bond donors (Lipinski definition) is 0. The van der Waals surface area contributed by atoms with Crippen LogP contribution in [-0.4, -0.2) is 37.3 Å². The maximum absolute atomic E-state index is 12.6. The third-order valence-corrected chi connectivity index (χ3v) is 5.47. The van der Waals surface area contributed by atoms with Crippen LogP contribution in [-0.2, 0) is 22.6 Å². The van der Waals surface area contributed by atoms with Crippen LogP contribution in [0.1, 0.15) is 32.9 Å². The number of aryl methyl sites for hydroxylation is 2. The Balaban J connectivity index is 1.38. The van der Waals surface area contributed by atoms with Crippen molar-refractivity contribution in [2.75, 3.05) is 25.2 Å². The van der Waals surface area contributed by atoms with Gasteiger partial charge in [0, 0.05) is 12.2 Å². The summed E-state index contributed by atoms with van der Waals surface area (Å²) in [6.07, 6.45) is 0.794. The Morgan fingerprint density at radius 2 is 1.94 bits per heavy atom. The van der Waals surface area contributed by atoms with Crippen LogP contribution in [0.15, 0.2) is 47.0 Å². The van der Waals surface area contributed by atoms with Crippen molar-refractivity contribution in [1.82, 2.24) is 5.16 Å². The lowest BCUT2D eigenvalue weighted by Gasteiger charge is -2.17. The number of amides is 1. The Labute approximate surface area is 185 Å². The normalized spacial score (nSPS) is 12.4. The number of hydrogen-bond acceptors (Lipinski definition) is 7. The number of fused-ring (bicyclic) bond motifs is 1. The van der Waals surface area contributed by atoms with Crippen LogP contribution in [0.2, 0.25) is 0 Å². The van der Waals surface area contributed by atoms with Crippen molar-refractivity contribution in [3.8, 4) is 11.5 Å². The van der Waals surface area contributed by atoms with Crippen LogP contribution in [0.5, 0.6) is 11.5 Å². The molecular formula is C24H24N2O6. The van der Waals surface area contributed by atoms with Crippen molar-refractivity contribution in [2.24, 2.45) is 0 Å². The van der Waals surface area contributed by atoms with E-state index in [1.54, 1.807) is 17.0 Å². The first kappa shape index (κ1) is 21.4. The second-order valence-corrected chi connectivity index (χ2v) is 7.46. The van der Waals surface area contributed by atoms with Gasteiger partial charge < -0.3 is 23.6 Å². The quantitative estimate of drug-likeness (QED) is 0.523. The minimum absolute atomic E-state index is 0.255. The number of carbonyl (C=O) groups excluding carboxylic acids is 2. The molecule has 0 atom stereocenters. The number of rotatable bonds is 7. The van der Waals surface area contributed by atoms with E-state index in [0.717, 1.165) is 28.9 Å². The molecule has 0 saturated carbocycles. The Morgan fingerprint density at radius 3 is 2.69 bits per heavy atom. The van der Waals surface area contributed by atoms with Gasteiger partial charge in [0.2, 0.25) is 0 Å². The second kappa shape index (κ2) is 9.13. The molecule has 0 bridgehead atoms. The highest BCUT2D eigenvalue weighted by Gasteiger charge is 2.25. The van der Waals surface area contributed by atoms with Crippen molar-refractivity contribution in [3.63, 3.8) is 0 Å². The number of esters is 1. The molecule has 0 aliphatic carbocycles. The van der Waals surface area contributed by atoms with E-state index < -0.39 is 5.97 Å². The average molecular weight is 436 g/mol. The summed E-state index contributed by atoms with van der Waals surface area (Å²) >= 11 is 0. The van der Waals surface area contributed by atoms with Crippen molar-refractivity contribution >= 4 is 17.6 Å². The number of nitrogens with zero attached hydrogens (tertiary/aromatic N) is 2. The lowest BCUT2D eigenvalue weighted by atomic mass is 10.2. The number of aromatic nitrogens is 1. The van der Waals surface area contributed by atoms with Crippen LogP contribution >= 0.6 is 0 Å². The SMILES string of the molecule is COc1cc(C(=O)OCC(=O)N2CCc3ccccc32)ccc1OCc1c(C)noc1C. The van der Waals surface area contributed by atoms with Gasteiger partial charge in [0.15, 0.2) is 18.1 Å². The Kier molecular flexibility index (Phi) is 6.11. The zero-order chi connectivity index (χ0) is 22.7. The maximum atomic E-state index is 12.6. The molecule has 0 radical (unpaired) electrons. The molecule has 4 rings (SSSR count). The molecule has 2 aromatic carbocycles. The largest absolute Gasteiger partial charge is 0.493 e. The van der Waals surface area contributed by atoms with Gasteiger partial charge in [-0.1, -0.05) is 23.4 Å². The molecule has 3 aromatic rings. The lowest BCUT2D eigenvalue weighted by molar-refractivity contribution is -0.121. The molecule has 0 fully saturated rings. The highest BCUT2D eigenvalue weighted by Crippen LogP contribution is 2.30. The molecule has 1 aliphatic heterocycles. The average Bonchev–Trinajstić information content (AvgIpc) is 3.38. The fourth-order valence-electron chi connectivity index (χ4n) is 3.66. The molecule has 0 unspecified atom stereocenters. The summed E-state index contributed by atoms with van der Waals surface area (Å²) in [7, 11) is 1.49. The Morgan fingerprint density at radius 1 is 1.12 bits per heavy atom. The lowest BCUT2D eigenvalue weighted by Crippen LogP contribution is -2.33. The first-order valence-electron chi connectivity index (χ1n) is 10.3. The van der Waals surface area contributed by atoms with Gasteiger partial charge in [-0.25, -0.2) is 4.79 Å². The van der Waals surface area contributed by atoms with Crippen molar-refractivity contribution in [3.05, 3.63) is 70.6 Å². The standard InChI is InChI=1S/C24H24N2O6/c1-15-19(16(2)32-25-15)13-30-21-9-8-18(12-22(21)29-3)24(28)31-14-23(27)26-11-10-17-6-4-5-7-20(17)26/h4-9,12H,10-11,13-14H2,1-3H3. The van der Waals surface area contributed by atoms with E-state index in [1.807, 2.05) is 38.1 Å².